The third-order valence-corrected chi connectivity index (χ3v) is 7.80. The molecule has 1 aromatic rings. The zero-order chi connectivity index (χ0) is 29.0. The van der Waals surface area contributed by atoms with E-state index < -0.39 is 49.0 Å². The van der Waals surface area contributed by atoms with Crippen molar-refractivity contribution < 1.29 is 78.6 Å². The topological polar surface area (TPSA) is 112 Å². The van der Waals surface area contributed by atoms with Crippen molar-refractivity contribution in [1.82, 2.24) is 0 Å². The molecule has 1 aliphatic heterocycles. The Morgan fingerprint density at radius 3 is 1.36 bits per heavy atom. The Balaban J connectivity index is 0.000000550. The zero-order valence-corrected chi connectivity index (χ0v) is 19.4. The second kappa shape index (κ2) is 11.5. The van der Waals surface area contributed by atoms with Gasteiger partial charge in [-0.25, -0.2) is 8.42 Å². The number of rotatable bonds is 4. The molecule has 36 heavy (non-hydrogen) atoms. The number of hydrogen-bond donors (Lipinski definition) is 1. The van der Waals surface area contributed by atoms with Crippen LogP contribution in [0.5, 0.6) is 0 Å². The Kier molecular flexibility index (Phi) is 11.1. The average molecular weight is 614 g/mol. The van der Waals surface area contributed by atoms with Crippen LogP contribution in [0, 0.1) is 0 Å². The van der Waals surface area contributed by atoms with Crippen molar-refractivity contribution in [2.75, 3.05) is 11.5 Å². The van der Waals surface area contributed by atoms with E-state index in [0.29, 0.717) is 10.9 Å². The summed E-state index contributed by atoms with van der Waals surface area (Å²) >= 11 is 0. The molecule has 0 aliphatic carbocycles. The molecular weight excluding hydrogens is 600 g/mol. The quantitative estimate of drug-likeness (QED) is 0.226. The van der Waals surface area contributed by atoms with E-state index in [4.69, 9.17) is 17.5 Å². The predicted molar refractivity (Wildman–Crippen MR) is 99.2 cm³/mol. The maximum absolute atomic E-state index is 12.2. The molecule has 1 fully saturated rings. The van der Waals surface area contributed by atoms with E-state index in [1.165, 1.54) is 24.3 Å². The van der Waals surface area contributed by atoms with Gasteiger partial charge in [-0.3, -0.25) is 4.55 Å². The van der Waals surface area contributed by atoms with E-state index in [0.717, 1.165) is 0 Å². The Morgan fingerprint density at radius 2 is 1.08 bits per heavy atom. The molecule has 1 aliphatic rings. The van der Waals surface area contributed by atoms with Gasteiger partial charge < -0.3 is 4.55 Å². The van der Waals surface area contributed by atoms with Crippen LogP contribution < -0.4 is 0 Å². The molecule has 6 nitrogen and oxygen atoms in total. The Hall–Kier alpha value is -1.45. The SMILES string of the molecule is O=S(=O)(O)C(F)(F)C(F)(F)C(F)(F)C(F)(F)F.O=S(=O)([O-])C(F)(F)F.c1ccc([S+]2CCCC2)cc1. The molecule has 0 spiro atoms. The van der Waals surface area contributed by atoms with Crippen LogP contribution in [-0.4, -0.2) is 66.2 Å². The molecule has 0 bridgehead atoms. The van der Waals surface area contributed by atoms with E-state index in [2.05, 4.69) is 30.3 Å². The standard InChI is InChI=1S/C10H13S.C4HF9O3S.CHF3O3S/c1-2-6-10(7-3-1)11-8-4-5-9-11;5-1(6,3(9,10)11)2(7,8)4(12,13)17(14,15)16;2-1(3,4)8(5,6)7/h1-3,6-7H,4-5,8-9H2;(H,14,15,16);(H,5,6,7)/q+1;;/p-1. The van der Waals surface area contributed by atoms with Gasteiger partial charge in [-0.2, -0.15) is 61.1 Å². The molecule has 21 heteroatoms. The summed E-state index contributed by atoms with van der Waals surface area (Å²) in [6, 6.07) is 11.0. The van der Waals surface area contributed by atoms with Gasteiger partial charge in [-0.15, -0.1) is 0 Å². The zero-order valence-electron chi connectivity index (χ0n) is 17.0. The minimum Gasteiger partial charge on any atom is -0.741 e. The first-order valence-electron chi connectivity index (χ1n) is 8.63. The maximum atomic E-state index is 12.2. The highest BCUT2D eigenvalue weighted by molar-refractivity contribution is 7.97. The Morgan fingerprint density at radius 1 is 0.722 bits per heavy atom. The fraction of sp³-hybridized carbons (Fsp3) is 0.600. The molecule has 0 amide bonds. The molecular formula is C15H14F12O6S3. The lowest BCUT2D eigenvalue weighted by Crippen LogP contribution is -2.63. The van der Waals surface area contributed by atoms with Crippen molar-refractivity contribution in [3.05, 3.63) is 30.3 Å². The highest BCUT2D eigenvalue weighted by atomic mass is 32.2. The molecule has 1 aromatic carbocycles. The van der Waals surface area contributed by atoms with Gasteiger partial charge in [0.05, 0.1) is 0 Å². The van der Waals surface area contributed by atoms with Crippen LogP contribution in [0.25, 0.3) is 0 Å². The summed E-state index contributed by atoms with van der Waals surface area (Å²) in [6.07, 6.45) is -4.25. The maximum Gasteiger partial charge on any atom is 0.485 e. The van der Waals surface area contributed by atoms with E-state index in [9.17, 15) is 61.1 Å². The van der Waals surface area contributed by atoms with Crippen LogP contribution in [0.3, 0.4) is 0 Å². The normalized spacial score (nSPS) is 16.5. The van der Waals surface area contributed by atoms with E-state index in [-0.39, 0.29) is 0 Å². The van der Waals surface area contributed by atoms with Crippen molar-refractivity contribution in [3.63, 3.8) is 0 Å². The van der Waals surface area contributed by atoms with E-state index >= 15 is 0 Å². The number of benzene rings is 1. The van der Waals surface area contributed by atoms with Gasteiger partial charge >= 0.3 is 38.9 Å². The molecule has 0 aromatic heterocycles. The summed E-state index contributed by atoms with van der Waals surface area (Å²) in [4.78, 5) is 1.57. The summed E-state index contributed by atoms with van der Waals surface area (Å²) < 4.78 is 193. The summed E-state index contributed by atoms with van der Waals surface area (Å²) in [5.74, 6) is -11.8. The first-order valence-corrected chi connectivity index (χ1v) is 13.0. The van der Waals surface area contributed by atoms with Crippen molar-refractivity contribution in [3.8, 4) is 0 Å². The van der Waals surface area contributed by atoms with Crippen molar-refractivity contribution >= 4 is 31.1 Å². The molecule has 0 radical (unpaired) electrons. The second-order valence-corrected chi connectivity index (χ2v) is 11.6. The van der Waals surface area contributed by atoms with Crippen molar-refractivity contribution in [2.24, 2.45) is 0 Å². The van der Waals surface area contributed by atoms with Crippen LogP contribution in [0.15, 0.2) is 35.2 Å². The lowest BCUT2D eigenvalue weighted by molar-refractivity contribution is -0.382. The molecule has 1 saturated heterocycles. The summed E-state index contributed by atoms with van der Waals surface area (Å²) in [6.45, 7) is 0. The number of alkyl halides is 12. The molecule has 212 valence electrons. The molecule has 1 heterocycles. The highest BCUT2D eigenvalue weighted by Gasteiger charge is 2.85. The molecule has 2 rings (SSSR count). The number of halogens is 12. The van der Waals surface area contributed by atoms with Crippen LogP contribution in [-0.2, 0) is 31.1 Å². The van der Waals surface area contributed by atoms with Crippen molar-refractivity contribution in [1.29, 1.82) is 0 Å². The third kappa shape index (κ3) is 8.28. The lowest BCUT2D eigenvalue weighted by Gasteiger charge is -2.31. The lowest BCUT2D eigenvalue weighted by atomic mass is 10.1. The fourth-order valence-electron chi connectivity index (χ4n) is 2.03. The first-order chi connectivity index (χ1) is 15.7. The minimum atomic E-state index is -7.37. The van der Waals surface area contributed by atoms with Gasteiger partial charge in [-0.05, 0) is 25.0 Å². The average Bonchev–Trinajstić information content (AvgIpc) is 3.21. The van der Waals surface area contributed by atoms with Gasteiger partial charge in [-0.1, -0.05) is 18.2 Å². The first kappa shape index (κ1) is 34.6. The Labute approximate surface area is 198 Å². The monoisotopic (exact) mass is 614 g/mol. The van der Waals surface area contributed by atoms with Gasteiger partial charge in [0, 0.05) is 10.9 Å². The Bertz CT molecular complexity index is 1050. The van der Waals surface area contributed by atoms with E-state index in [1.807, 2.05) is 0 Å². The van der Waals surface area contributed by atoms with E-state index in [1.54, 1.807) is 4.90 Å². The van der Waals surface area contributed by atoms with Crippen LogP contribution in [0.2, 0.25) is 0 Å². The minimum absolute atomic E-state index is 0.609. The molecule has 0 saturated carbocycles. The van der Waals surface area contributed by atoms with Crippen LogP contribution >= 0.6 is 0 Å². The fourth-order valence-corrected chi connectivity index (χ4v) is 4.80. The highest BCUT2D eigenvalue weighted by Crippen LogP contribution is 2.54. The second-order valence-electron chi connectivity index (χ2n) is 6.46. The van der Waals surface area contributed by atoms with Gasteiger partial charge in [0.2, 0.25) is 0 Å². The molecule has 0 atom stereocenters. The number of hydrogen-bond acceptors (Lipinski definition) is 5. The van der Waals surface area contributed by atoms with Gasteiger partial charge in [0.1, 0.15) is 11.5 Å². The third-order valence-electron chi connectivity index (χ3n) is 3.83. The molecule has 1 N–H and O–H groups in total. The summed E-state index contributed by atoms with van der Waals surface area (Å²) in [7, 11) is -12.6. The molecule has 0 unspecified atom stereocenters. The summed E-state index contributed by atoms with van der Waals surface area (Å²) in [5, 5.41) is -7.00. The van der Waals surface area contributed by atoms with Gasteiger partial charge in [0.15, 0.2) is 15.0 Å². The summed E-state index contributed by atoms with van der Waals surface area (Å²) in [5.41, 5.74) is -5.65. The smallest absolute Gasteiger partial charge is 0.485 e. The van der Waals surface area contributed by atoms with Crippen LogP contribution in [0.1, 0.15) is 12.8 Å². The van der Waals surface area contributed by atoms with Gasteiger partial charge in [0.25, 0.3) is 0 Å². The predicted octanol–water partition coefficient (Wildman–Crippen LogP) is 4.81. The van der Waals surface area contributed by atoms with Crippen LogP contribution in [0.4, 0.5) is 52.7 Å². The largest absolute Gasteiger partial charge is 0.741 e. The van der Waals surface area contributed by atoms with Crippen molar-refractivity contribution in [2.45, 2.75) is 46.5 Å².